The van der Waals surface area contributed by atoms with Gasteiger partial charge in [-0.25, -0.2) is 0 Å². The third-order valence-corrected chi connectivity index (χ3v) is 5.98. The zero-order chi connectivity index (χ0) is 25.7. The fourth-order valence-corrected chi connectivity index (χ4v) is 3.48. The van der Waals surface area contributed by atoms with Gasteiger partial charge in [0.25, 0.3) is 0 Å². The normalized spacial score (nSPS) is 11.7. The van der Waals surface area contributed by atoms with Gasteiger partial charge in [-0.2, -0.15) is 0 Å². The van der Waals surface area contributed by atoms with E-state index < -0.39 is 11.9 Å². The molecule has 202 valence electrons. The van der Waals surface area contributed by atoms with E-state index in [1.54, 1.807) is 0 Å². The molecule has 1 N–H and O–H groups in total. The van der Waals surface area contributed by atoms with Crippen LogP contribution >= 0.6 is 0 Å². The topological polar surface area (TPSA) is 100 Å². The average Bonchev–Trinajstić information content (AvgIpc) is 2.79. The van der Waals surface area contributed by atoms with Crippen LogP contribution < -0.4 is 10.2 Å². The van der Waals surface area contributed by atoms with Gasteiger partial charge < -0.3 is 24.9 Å². The first kappa shape index (κ1) is 40.9. The number of carboxylic acid groups (broad SMARTS) is 2. The molecule has 0 aromatic carbocycles. The fraction of sp³-hybridized carbons (Fsp3) is 0.929. The van der Waals surface area contributed by atoms with Crippen molar-refractivity contribution in [3.05, 3.63) is 0 Å². The van der Waals surface area contributed by atoms with Gasteiger partial charge in [0.15, 0.2) is 0 Å². The predicted octanol–water partition coefficient (Wildman–Crippen LogP) is 5.42. The Labute approximate surface area is 228 Å². The predicted molar refractivity (Wildman–Crippen MR) is 141 cm³/mol. The van der Waals surface area contributed by atoms with Crippen LogP contribution in [0.25, 0.3) is 0 Å². The summed E-state index contributed by atoms with van der Waals surface area (Å²) >= 11 is 0. The summed E-state index contributed by atoms with van der Waals surface area (Å²) in [6.07, 6.45) is 20.3. The number of carbonyl (C=O) groups excluding carboxylic acids is 2. The van der Waals surface area contributed by atoms with E-state index in [0.717, 1.165) is 44.9 Å². The zero-order valence-electron chi connectivity index (χ0n) is 23.2. The molecular weight excluding hydrogens is 535 g/mol. The Morgan fingerprint density at radius 1 is 0.559 bits per heavy atom. The number of aliphatic hydroxyl groups is 1. The summed E-state index contributed by atoms with van der Waals surface area (Å²) in [7, 11) is 0. The molecule has 0 saturated heterocycles. The van der Waals surface area contributed by atoms with Crippen LogP contribution in [0.1, 0.15) is 150 Å². The first-order chi connectivity index (χ1) is 15.9. The Bertz CT molecular complexity index is 368. The molecule has 0 aliphatic carbocycles. The first-order valence-corrected chi connectivity index (χ1v) is 13.9. The number of rotatable bonds is 20. The molecule has 0 spiro atoms. The second-order valence-corrected chi connectivity index (χ2v) is 9.04. The van der Waals surface area contributed by atoms with Crippen molar-refractivity contribution in [3.63, 3.8) is 0 Å². The number of hydrogen-bond acceptors (Lipinski definition) is 5. The van der Waals surface area contributed by atoms with Crippen LogP contribution in [0.3, 0.4) is 0 Å². The summed E-state index contributed by atoms with van der Waals surface area (Å²) in [6.45, 7) is 10.5. The monoisotopic (exact) mass is 592 g/mol. The Kier molecular flexibility index (Phi) is 41.9. The zero-order valence-corrected chi connectivity index (χ0v) is 26.0. The van der Waals surface area contributed by atoms with Gasteiger partial charge in [-0.05, 0) is 43.9 Å². The van der Waals surface area contributed by atoms with Gasteiger partial charge in [0.2, 0.25) is 0 Å². The van der Waals surface area contributed by atoms with Gasteiger partial charge in [-0.3, -0.25) is 0 Å². The van der Waals surface area contributed by atoms with Crippen LogP contribution in [0.15, 0.2) is 0 Å². The Morgan fingerprint density at radius 3 is 1.09 bits per heavy atom. The average molecular weight is 591 g/mol. The molecule has 0 heterocycles. The summed E-state index contributed by atoms with van der Waals surface area (Å²) in [5, 5.41) is 29.2. The summed E-state index contributed by atoms with van der Waals surface area (Å²) in [5.41, 5.74) is 0. The molecule has 2 radical (unpaired) electrons. The fourth-order valence-electron chi connectivity index (χ4n) is 3.48. The second-order valence-electron chi connectivity index (χ2n) is 9.04. The van der Waals surface area contributed by atoms with E-state index in [-0.39, 0.29) is 35.7 Å². The number of unbranched alkanes of at least 4 members (excludes halogenated alkanes) is 11. The van der Waals surface area contributed by atoms with E-state index in [4.69, 9.17) is 5.11 Å². The smallest absolute Gasteiger partial charge is 0.550 e. The van der Waals surface area contributed by atoms with Crippen LogP contribution in [0.5, 0.6) is 0 Å². The number of aliphatic carboxylic acids is 2. The maximum absolute atomic E-state index is 10.3. The SMILES string of the molecule is CCCCC(CC)C(=O)[O-].CCCCC(CC)C(=O)[O-].CCCCCCCCCCCCO.[Sn+2]. The number of hydrogen-bond donors (Lipinski definition) is 1. The minimum absolute atomic E-state index is 0. The molecule has 0 saturated carbocycles. The van der Waals surface area contributed by atoms with E-state index in [9.17, 15) is 19.8 Å². The third-order valence-electron chi connectivity index (χ3n) is 5.98. The minimum Gasteiger partial charge on any atom is -0.550 e. The largest absolute Gasteiger partial charge is 2.00 e. The van der Waals surface area contributed by atoms with Crippen LogP contribution in [-0.4, -0.2) is 47.6 Å². The van der Waals surface area contributed by atoms with Crippen molar-refractivity contribution >= 4 is 35.8 Å². The Morgan fingerprint density at radius 2 is 0.853 bits per heavy atom. The molecule has 0 aromatic heterocycles. The van der Waals surface area contributed by atoms with E-state index in [1.165, 1.54) is 57.8 Å². The van der Waals surface area contributed by atoms with Gasteiger partial charge in [0.05, 0.1) is 0 Å². The Balaban J connectivity index is -0.000000198. The Hall–Kier alpha value is -0.301. The van der Waals surface area contributed by atoms with Crippen molar-refractivity contribution < 1.29 is 24.9 Å². The van der Waals surface area contributed by atoms with Crippen LogP contribution in [-0.2, 0) is 9.59 Å². The van der Waals surface area contributed by atoms with Gasteiger partial charge in [-0.15, -0.1) is 0 Å². The molecule has 0 rings (SSSR count). The van der Waals surface area contributed by atoms with Crippen molar-refractivity contribution in [2.45, 2.75) is 150 Å². The summed E-state index contributed by atoms with van der Waals surface area (Å²) in [6, 6.07) is 0. The van der Waals surface area contributed by atoms with Crippen molar-refractivity contribution in [3.8, 4) is 0 Å². The molecule has 2 atom stereocenters. The maximum Gasteiger partial charge on any atom is 2.00 e. The van der Waals surface area contributed by atoms with E-state index in [0.29, 0.717) is 19.4 Å². The van der Waals surface area contributed by atoms with E-state index in [1.807, 2.05) is 13.8 Å². The van der Waals surface area contributed by atoms with Crippen LogP contribution in [0, 0.1) is 11.8 Å². The molecular formula is C28H56O5Sn. The molecule has 0 bridgehead atoms. The summed E-state index contributed by atoms with van der Waals surface area (Å²) < 4.78 is 0. The van der Waals surface area contributed by atoms with Gasteiger partial charge in [0, 0.05) is 18.5 Å². The van der Waals surface area contributed by atoms with Crippen molar-refractivity contribution in [1.29, 1.82) is 0 Å². The van der Waals surface area contributed by atoms with Crippen molar-refractivity contribution in [2.24, 2.45) is 11.8 Å². The quantitative estimate of drug-likeness (QED) is 0.151. The van der Waals surface area contributed by atoms with Gasteiger partial charge >= 0.3 is 23.9 Å². The van der Waals surface area contributed by atoms with Gasteiger partial charge in [0.1, 0.15) is 0 Å². The molecule has 34 heavy (non-hydrogen) atoms. The van der Waals surface area contributed by atoms with E-state index >= 15 is 0 Å². The molecule has 0 aliphatic rings. The maximum atomic E-state index is 10.3. The van der Waals surface area contributed by atoms with Crippen LogP contribution in [0.4, 0.5) is 0 Å². The summed E-state index contributed by atoms with van der Waals surface area (Å²) in [4.78, 5) is 20.7. The van der Waals surface area contributed by atoms with E-state index in [2.05, 4.69) is 20.8 Å². The third kappa shape index (κ3) is 33.9. The molecule has 0 amide bonds. The standard InChI is InChI=1S/C12H26O.2C8H16O2.Sn/c1-2-3-4-5-6-7-8-9-10-11-12-13;2*1-3-5-6-7(4-2)8(9)10;/h13H,2-12H2,1H3;2*7H,3-6H2,1-2H3,(H,9,10);/q;;;+2/p-2. The number of aliphatic hydroxyl groups excluding tert-OH is 1. The molecule has 6 heteroatoms. The second kappa shape index (κ2) is 34.9. The molecule has 0 aliphatic heterocycles. The molecule has 2 unspecified atom stereocenters. The molecule has 5 nitrogen and oxygen atoms in total. The number of carboxylic acids is 2. The van der Waals surface area contributed by atoms with Gasteiger partial charge in [-0.1, -0.05) is 118 Å². The number of carbonyl (C=O) groups is 2. The minimum atomic E-state index is -0.893. The van der Waals surface area contributed by atoms with Crippen LogP contribution in [0.2, 0.25) is 0 Å². The van der Waals surface area contributed by atoms with Crippen molar-refractivity contribution in [1.82, 2.24) is 0 Å². The molecule has 0 aromatic rings. The first-order valence-electron chi connectivity index (χ1n) is 13.9. The molecule has 0 fully saturated rings. The van der Waals surface area contributed by atoms with Crippen molar-refractivity contribution in [2.75, 3.05) is 6.61 Å². The summed E-state index contributed by atoms with van der Waals surface area (Å²) in [5.74, 6) is -2.23.